The van der Waals surface area contributed by atoms with E-state index in [9.17, 15) is 4.79 Å². The van der Waals surface area contributed by atoms with Crippen LogP contribution in [0.3, 0.4) is 0 Å². The Labute approximate surface area is 168 Å². The Bertz CT molecular complexity index is 1190. The molecule has 0 aliphatic carbocycles. The van der Waals surface area contributed by atoms with Crippen molar-refractivity contribution in [1.82, 2.24) is 30.3 Å². The molecule has 0 aliphatic rings. The fourth-order valence-corrected chi connectivity index (χ4v) is 3.38. The van der Waals surface area contributed by atoms with E-state index in [4.69, 9.17) is 4.98 Å². The molecule has 7 nitrogen and oxygen atoms in total. The zero-order chi connectivity index (χ0) is 20.4. The zero-order valence-corrected chi connectivity index (χ0v) is 16.4. The summed E-state index contributed by atoms with van der Waals surface area (Å²) in [7, 11) is 1.89. The van der Waals surface area contributed by atoms with Gasteiger partial charge in [-0.2, -0.15) is 10.2 Å². The smallest absolute Gasteiger partial charge is 0.251 e. The van der Waals surface area contributed by atoms with Gasteiger partial charge < -0.3 is 5.32 Å². The zero-order valence-electron chi connectivity index (χ0n) is 16.4. The highest BCUT2D eigenvalue weighted by Crippen LogP contribution is 2.24. The molecule has 7 heteroatoms. The number of rotatable bonds is 6. The molecule has 2 heterocycles. The molecule has 0 saturated carbocycles. The summed E-state index contributed by atoms with van der Waals surface area (Å²) in [5.41, 5.74) is 4.63. The van der Waals surface area contributed by atoms with Crippen LogP contribution < -0.4 is 5.32 Å². The number of carbonyl (C=O) groups is 1. The minimum Gasteiger partial charge on any atom is -0.352 e. The minimum atomic E-state index is -0.0830. The van der Waals surface area contributed by atoms with Crippen molar-refractivity contribution in [2.24, 2.45) is 7.05 Å². The largest absolute Gasteiger partial charge is 0.352 e. The van der Waals surface area contributed by atoms with Gasteiger partial charge in [0.25, 0.3) is 5.91 Å². The van der Waals surface area contributed by atoms with E-state index in [-0.39, 0.29) is 5.91 Å². The average Bonchev–Trinajstić information content (AvgIpc) is 3.35. The predicted molar refractivity (Wildman–Crippen MR) is 113 cm³/mol. The Morgan fingerprint density at radius 1 is 1.24 bits per heavy atom. The molecular weight excluding hydrogens is 364 g/mol. The molecule has 0 atom stereocenters. The van der Waals surface area contributed by atoms with Crippen LogP contribution in [0.15, 0.2) is 49.2 Å². The molecule has 0 fully saturated rings. The number of amides is 1. The van der Waals surface area contributed by atoms with E-state index in [1.165, 1.54) is 0 Å². The predicted octanol–water partition coefficient (Wildman–Crippen LogP) is 3.34. The van der Waals surface area contributed by atoms with Gasteiger partial charge >= 0.3 is 0 Å². The van der Waals surface area contributed by atoms with Crippen LogP contribution >= 0.6 is 0 Å². The first-order valence-electron chi connectivity index (χ1n) is 9.46. The first kappa shape index (κ1) is 18.6. The normalized spacial score (nSPS) is 11.0. The average molecular weight is 386 g/mol. The molecule has 1 amide bonds. The number of nitrogens with zero attached hydrogens (tertiary/aromatic N) is 4. The first-order chi connectivity index (χ1) is 14.1. The second-order valence-corrected chi connectivity index (χ2v) is 6.76. The Morgan fingerprint density at radius 3 is 2.76 bits per heavy atom. The quantitative estimate of drug-likeness (QED) is 0.532. The molecule has 2 aromatic carbocycles. The van der Waals surface area contributed by atoms with Gasteiger partial charge in [-0.3, -0.25) is 14.6 Å². The maximum atomic E-state index is 11.9. The number of nitrogens with one attached hydrogen (secondary N) is 2. The Balaban J connectivity index is 1.62. The fourth-order valence-electron chi connectivity index (χ4n) is 3.38. The number of hydrogen-bond donors (Lipinski definition) is 2. The minimum absolute atomic E-state index is 0.0830. The van der Waals surface area contributed by atoms with E-state index in [1.54, 1.807) is 16.8 Å². The van der Waals surface area contributed by atoms with E-state index in [0.29, 0.717) is 24.4 Å². The van der Waals surface area contributed by atoms with Gasteiger partial charge in [0.15, 0.2) is 5.82 Å². The number of aromatic nitrogens is 5. The lowest BCUT2D eigenvalue weighted by atomic mass is 10.0. The molecular formula is C22H22N6O. The van der Waals surface area contributed by atoms with Gasteiger partial charge in [0, 0.05) is 36.5 Å². The topological polar surface area (TPSA) is 88.5 Å². The molecule has 0 saturated heterocycles. The molecule has 0 unspecified atom stereocenters. The van der Waals surface area contributed by atoms with E-state index < -0.39 is 0 Å². The molecule has 0 aliphatic heterocycles. The summed E-state index contributed by atoms with van der Waals surface area (Å²) in [5, 5.41) is 15.5. The summed E-state index contributed by atoms with van der Waals surface area (Å²) < 4.78 is 1.79. The molecule has 0 bridgehead atoms. The van der Waals surface area contributed by atoms with Crippen molar-refractivity contribution in [1.29, 1.82) is 0 Å². The third-order valence-electron chi connectivity index (χ3n) is 4.90. The van der Waals surface area contributed by atoms with Gasteiger partial charge in [-0.25, -0.2) is 4.98 Å². The van der Waals surface area contributed by atoms with Crippen molar-refractivity contribution in [3.63, 3.8) is 0 Å². The van der Waals surface area contributed by atoms with Gasteiger partial charge in [-0.05, 0) is 36.2 Å². The summed E-state index contributed by atoms with van der Waals surface area (Å²) in [4.78, 5) is 16.6. The van der Waals surface area contributed by atoms with E-state index >= 15 is 0 Å². The maximum absolute atomic E-state index is 11.9. The number of carbonyl (C=O) groups excluding carboxylic acids is 1. The van der Waals surface area contributed by atoms with Crippen LogP contribution in [-0.4, -0.2) is 37.4 Å². The van der Waals surface area contributed by atoms with Crippen LogP contribution in [0, 0.1) is 0 Å². The second-order valence-electron chi connectivity index (χ2n) is 6.76. The van der Waals surface area contributed by atoms with Crippen LogP contribution in [0.25, 0.3) is 28.4 Å². The van der Waals surface area contributed by atoms with Gasteiger partial charge in [0.1, 0.15) is 5.82 Å². The molecule has 2 N–H and O–H groups in total. The SMILES string of the molecule is C=Cc1c(Cc2nc(-c3ccc(C(=O)NCC)cc3)nn2C)ccc2[nH]ncc12. The summed E-state index contributed by atoms with van der Waals surface area (Å²) in [6.45, 7) is 6.45. The summed E-state index contributed by atoms with van der Waals surface area (Å²) in [5.74, 6) is 1.40. The van der Waals surface area contributed by atoms with E-state index in [0.717, 1.165) is 33.4 Å². The molecule has 29 heavy (non-hydrogen) atoms. The molecule has 0 spiro atoms. The number of H-pyrrole nitrogens is 1. The van der Waals surface area contributed by atoms with Gasteiger partial charge in [-0.15, -0.1) is 0 Å². The van der Waals surface area contributed by atoms with Crippen molar-refractivity contribution in [2.45, 2.75) is 13.3 Å². The number of benzene rings is 2. The molecule has 146 valence electrons. The van der Waals surface area contributed by atoms with Crippen molar-refractivity contribution in [3.8, 4) is 11.4 Å². The summed E-state index contributed by atoms with van der Waals surface area (Å²) >= 11 is 0. The lowest BCUT2D eigenvalue weighted by Gasteiger charge is -2.06. The van der Waals surface area contributed by atoms with Gasteiger partial charge in [0.05, 0.1) is 11.7 Å². The molecule has 2 aromatic heterocycles. The van der Waals surface area contributed by atoms with E-state index in [2.05, 4.69) is 33.3 Å². The highest BCUT2D eigenvalue weighted by Gasteiger charge is 2.14. The number of fused-ring (bicyclic) bond motifs is 1. The number of hydrogen-bond acceptors (Lipinski definition) is 4. The van der Waals surface area contributed by atoms with Gasteiger partial charge in [0.2, 0.25) is 0 Å². The number of aromatic amines is 1. The molecule has 0 radical (unpaired) electrons. The van der Waals surface area contributed by atoms with Crippen LogP contribution in [0.4, 0.5) is 0 Å². The fraction of sp³-hybridized carbons (Fsp3) is 0.182. The Morgan fingerprint density at radius 2 is 2.03 bits per heavy atom. The first-order valence-corrected chi connectivity index (χ1v) is 9.46. The lowest BCUT2D eigenvalue weighted by Crippen LogP contribution is -2.22. The Kier molecular flexibility index (Phi) is 4.95. The summed E-state index contributed by atoms with van der Waals surface area (Å²) in [6, 6.07) is 11.4. The third kappa shape index (κ3) is 3.54. The van der Waals surface area contributed by atoms with Crippen LogP contribution in [0.5, 0.6) is 0 Å². The molecule has 4 aromatic rings. The maximum Gasteiger partial charge on any atom is 0.251 e. The third-order valence-corrected chi connectivity index (χ3v) is 4.90. The van der Waals surface area contributed by atoms with Crippen molar-refractivity contribution in [3.05, 3.63) is 71.7 Å². The van der Waals surface area contributed by atoms with Gasteiger partial charge in [-0.1, -0.05) is 30.9 Å². The standard InChI is InChI=1S/C22H22N6O/c1-4-17-16(10-11-19-18(17)13-24-26-19)12-20-25-21(27-28(20)3)14-6-8-15(9-7-14)22(29)23-5-2/h4,6-11,13H,1,5,12H2,2-3H3,(H,23,29)(H,24,26). The number of aryl methyl sites for hydroxylation is 1. The summed E-state index contributed by atoms with van der Waals surface area (Å²) in [6.07, 6.45) is 4.29. The second kappa shape index (κ2) is 7.71. The highest BCUT2D eigenvalue weighted by atomic mass is 16.1. The van der Waals surface area contributed by atoms with Crippen molar-refractivity contribution in [2.75, 3.05) is 6.54 Å². The van der Waals surface area contributed by atoms with E-state index in [1.807, 2.05) is 44.4 Å². The van der Waals surface area contributed by atoms with Crippen molar-refractivity contribution >= 4 is 22.9 Å². The Hall–Kier alpha value is -3.74. The monoisotopic (exact) mass is 386 g/mol. The van der Waals surface area contributed by atoms with Crippen molar-refractivity contribution < 1.29 is 4.79 Å². The van der Waals surface area contributed by atoms with Crippen LogP contribution in [0.2, 0.25) is 0 Å². The highest BCUT2D eigenvalue weighted by molar-refractivity contribution is 5.94. The lowest BCUT2D eigenvalue weighted by molar-refractivity contribution is 0.0956. The molecule has 4 rings (SSSR count). The van der Waals surface area contributed by atoms with Crippen LogP contribution in [0.1, 0.15) is 34.2 Å². The van der Waals surface area contributed by atoms with Crippen LogP contribution in [-0.2, 0) is 13.5 Å².